The third-order valence-corrected chi connectivity index (χ3v) is 20.1. The number of unbranched alkanes of at least 4 members (excludes halogenated alkanes) is 1. The largest absolute Gasteiger partial charge is 0.393 e. The van der Waals surface area contributed by atoms with E-state index in [4.69, 9.17) is 5.73 Å². The molecular weight excluding hydrogens is 1390 g/mol. The van der Waals surface area contributed by atoms with Crippen molar-refractivity contribution in [3.8, 4) is 0 Å². The first-order valence-electron chi connectivity index (χ1n) is 37.6. The Morgan fingerprint density at radius 2 is 0.935 bits per heavy atom. The van der Waals surface area contributed by atoms with Crippen LogP contribution < -0.4 is 26.4 Å². The van der Waals surface area contributed by atoms with Crippen molar-refractivity contribution in [2.45, 2.75) is 234 Å². The maximum absolute atomic E-state index is 15.6. The van der Waals surface area contributed by atoms with Gasteiger partial charge in [0, 0.05) is 81.2 Å². The highest BCUT2D eigenvalue weighted by Crippen LogP contribution is 2.25. The second-order valence-corrected chi connectivity index (χ2v) is 32.6. The number of carbonyl (C=O) groups excluding carboxylic acids is 13. The second-order valence-electron chi connectivity index (χ2n) is 30.9. The van der Waals surface area contributed by atoms with Gasteiger partial charge < -0.3 is 61.1 Å². The van der Waals surface area contributed by atoms with E-state index in [9.17, 15) is 47.1 Å². The molecule has 14 amide bonds. The van der Waals surface area contributed by atoms with Gasteiger partial charge in [0.1, 0.15) is 48.3 Å². The smallest absolute Gasteiger partial charge is 0.327 e. The fourth-order valence-electron chi connectivity index (χ4n) is 13.2. The Balaban J connectivity index is 2.22. The topological polar surface area (TPSA) is 376 Å². The van der Waals surface area contributed by atoms with E-state index >= 15 is 28.8 Å². The number of nitrogens with two attached hydrogens (primary N) is 1. The third kappa shape index (κ3) is 28.2. The molecule has 2 aromatic rings. The average Bonchev–Trinajstić information content (AvgIpc) is 0.812. The predicted molar refractivity (Wildman–Crippen MR) is 408 cm³/mol. The number of primary amides is 1. The lowest BCUT2D eigenvalue weighted by Crippen LogP contribution is -2.64. The van der Waals surface area contributed by atoms with Gasteiger partial charge in [-0.2, -0.15) is 0 Å². The number of nitrogens with zero attached hydrogens (tertiary/aromatic N) is 8. The Morgan fingerprint density at radius 3 is 1.41 bits per heavy atom. The number of carbonyl (C=O) groups is 13. The van der Waals surface area contributed by atoms with Crippen LogP contribution in [-0.4, -0.2) is 258 Å². The number of piperidine rings is 1. The molecule has 2 aromatic carbocycles. The van der Waals surface area contributed by atoms with Crippen LogP contribution in [0.3, 0.4) is 0 Å². The number of aliphatic hydroxyl groups is 1. The summed E-state index contributed by atoms with van der Waals surface area (Å²) in [7, 11) is 3.98. The van der Waals surface area contributed by atoms with E-state index in [1.165, 1.54) is 75.7 Å². The number of hydrogen-bond acceptors (Lipinski definition) is 16. The van der Waals surface area contributed by atoms with Crippen LogP contribution in [0.15, 0.2) is 60.7 Å². The summed E-state index contributed by atoms with van der Waals surface area (Å²) >= 11 is 0. The SMILES string of the molecule is CCCCN(C(=O)[C@@H](C)[C@@H](C)O)C(=O)N(C)[C@H](C(=O)N[C@H](C(=O)N1CCCCC1)C(=O)N(C)[C@@H](CC(C)C)C(=O)N[C@@H](CCC(=O)NS(C)(=O)=O)C(=O)N(C)[C@@H](CC(C)C)C(=O)N(C)[C@@H](Cc1ccccc1)C(=O)N[C@@H](CC(C)C)C(=O)N(C)[C@@H](Cc1ccccc1)C(=O)N(C)[C@@H](CC(C)C)C(N)=O)C(C)C. The summed E-state index contributed by atoms with van der Waals surface area (Å²) in [6.45, 7) is 23.0. The number of rotatable bonds is 41. The van der Waals surface area contributed by atoms with Crippen molar-refractivity contribution in [3.05, 3.63) is 71.8 Å². The molecule has 1 saturated heterocycles. The average molecular weight is 1520 g/mol. The van der Waals surface area contributed by atoms with E-state index in [2.05, 4.69) is 16.0 Å². The van der Waals surface area contributed by atoms with Gasteiger partial charge in [-0.1, -0.05) is 150 Å². The summed E-state index contributed by atoms with van der Waals surface area (Å²) in [5, 5.41) is 18.6. The van der Waals surface area contributed by atoms with Gasteiger partial charge in [-0.3, -0.25) is 67.2 Å². The van der Waals surface area contributed by atoms with Gasteiger partial charge >= 0.3 is 6.03 Å². The Bertz CT molecular complexity index is 3440. The van der Waals surface area contributed by atoms with Crippen LogP contribution in [-0.2, 0) is 80.4 Å². The Hall–Kier alpha value is -8.54. The van der Waals surface area contributed by atoms with Gasteiger partial charge in [0.15, 0.2) is 6.04 Å². The number of imide groups is 1. The monoisotopic (exact) mass is 1520 g/mol. The Labute approximate surface area is 634 Å². The van der Waals surface area contributed by atoms with E-state index in [-0.39, 0.29) is 75.9 Å². The lowest BCUT2D eigenvalue weighted by molar-refractivity contribution is -0.152. The molecule has 0 aliphatic carbocycles. The van der Waals surface area contributed by atoms with Gasteiger partial charge in [0.2, 0.25) is 69.1 Å². The zero-order chi connectivity index (χ0) is 81.2. The number of aliphatic hydroxyl groups excluding tert-OH is 1. The molecule has 30 heteroatoms. The molecule has 0 bridgehead atoms. The number of nitrogens with one attached hydrogen (secondary N) is 4. The normalized spacial score (nSPS) is 15.6. The fraction of sp³-hybridized carbons (Fsp3) is 0.675. The molecule has 11 atom stereocenters. The lowest BCUT2D eigenvalue weighted by atomic mass is 9.96. The number of benzene rings is 2. The molecule has 107 heavy (non-hydrogen) atoms. The van der Waals surface area contributed by atoms with Crippen molar-refractivity contribution >= 4 is 86.9 Å². The molecule has 0 spiro atoms. The molecule has 29 nitrogen and oxygen atoms in total. The second kappa shape index (κ2) is 43.5. The quantitative estimate of drug-likeness (QED) is 0.0505. The molecule has 0 aromatic heterocycles. The van der Waals surface area contributed by atoms with Crippen molar-refractivity contribution < 1.29 is 75.9 Å². The van der Waals surface area contributed by atoms with Crippen LogP contribution in [0.4, 0.5) is 4.79 Å². The van der Waals surface area contributed by atoms with Crippen molar-refractivity contribution in [3.63, 3.8) is 0 Å². The molecule has 0 saturated carbocycles. The fourth-order valence-corrected chi connectivity index (χ4v) is 13.7. The van der Waals surface area contributed by atoms with Crippen LogP contribution in [0, 0.1) is 35.5 Å². The van der Waals surface area contributed by atoms with Gasteiger partial charge in [0.25, 0.3) is 11.8 Å². The van der Waals surface area contributed by atoms with E-state index < -0.39 is 178 Å². The van der Waals surface area contributed by atoms with Crippen molar-refractivity contribution in [1.29, 1.82) is 0 Å². The highest BCUT2D eigenvalue weighted by molar-refractivity contribution is 7.89. The molecule has 3 rings (SSSR count). The van der Waals surface area contributed by atoms with E-state index in [0.29, 0.717) is 36.8 Å². The number of urea groups is 1. The van der Waals surface area contributed by atoms with Gasteiger partial charge in [-0.15, -0.1) is 0 Å². The first kappa shape index (κ1) is 92.7. The molecule has 1 heterocycles. The van der Waals surface area contributed by atoms with Crippen molar-refractivity contribution in [2.75, 3.05) is 68.2 Å². The molecule has 1 fully saturated rings. The first-order chi connectivity index (χ1) is 49.9. The van der Waals surface area contributed by atoms with Gasteiger partial charge in [-0.25, -0.2) is 13.2 Å². The highest BCUT2D eigenvalue weighted by atomic mass is 32.2. The summed E-state index contributed by atoms with van der Waals surface area (Å²) < 4.78 is 26.6. The minimum atomic E-state index is -4.15. The van der Waals surface area contributed by atoms with Crippen LogP contribution >= 0.6 is 0 Å². The van der Waals surface area contributed by atoms with Crippen LogP contribution in [0.5, 0.6) is 0 Å². The molecule has 600 valence electrons. The zero-order valence-corrected chi connectivity index (χ0v) is 67.8. The third-order valence-electron chi connectivity index (χ3n) is 19.5. The number of likely N-dealkylation sites (tertiary alicyclic amines) is 1. The van der Waals surface area contributed by atoms with Gasteiger partial charge in [-0.05, 0) is 105 Å². The van der Waals surface area contributed by atoms with E-state index in [0.717, 1.165) is 32.3 Å². The first-order valence-corrected chi connectivity index (χ1v) is 39.4. The van der Waals surface area contributed by atoms with Crippen LogP contribution in [0.1, 0.15) is 172 Å². The molecular formula is C77H125N13O16S. The number of hydrogen-bond donors (Lipinski definition) is 6. The number of likely N-dealkylation sites (N-methyl/N-ethyl adjacent to an activating group) is 6. The Morgan fingerprint density at radius 1 is 0.505 bits per heavy atom. The summed E-state index contributed by atoms with van der Waals surface area (Å²) in [5.74, 6) is -12.6. The minimum Gasteiger partial charge on any atom is -0.393 e. The molecule has 0 radical (unpaired) electrons. The van der Waals surface area contributed by atoms with E-state index in [1.807, 2.05) is 39.3 Å². The predicted octanol–water partition coefficient (Wildman–Crippen LogP) is 4.32. The number of sulfonamides is 1. The summed E-state index contributed by atoms with van der Waals surface area (Å²) in [6, 6.07) is 3.86. The summed E-state index contributed by atoms with van der Waals surface area (Å²) in [4.78, 5) is 200. The standard InChI is InChI=1S/C77H125N13O16S/c1-21-22-40-90(70(97)52(12)53(13)91)77(104)88(19)65(51(10)11)69(96)81-64(76(103)89-38-30-25-31-39-89)75(102)85(16)59(43-49(6)7)67(94)79-56(36-37-63(92)82-107(20,105)106)71(98)86(17)61(44-50(8)9)73(100)84(15)60(45-54-32-26-23-27-33-54)68(95)80-57(41-47(2)3)72(99)87(18)62(46-55-34-28-24-29-35-55)74(101)83(14)58(66(78)93)42-48(4)5/h23-24,26-29,32-35,47-53,56-62,64-65,91H,21-22,25,30-31,36-46H2,1-20H3,(H2,78,93)(H,79,94)(H,80,95)(H,81,96)(H,82,92)/t52-,53+,56-,57-,58-,59-,60-,61-,62-,64-,65-/m0/s1. The summed E-state index contributed by atoms with van der Waals surface area (Å²) in [6.07, 6.45) is 1.34. The summed E-state index contributed by atoms with van der Waals surface area (Å²) in [5.41, 5.74) is 7.17. The zero-order valence-electron chi connectivity index (χ0n) is 67.0. The highest BCUT2D eigenvalue weighted by Gasteiger charge is 2.46. The Kier molecular flexibility index (Phi) is 37.6. The minimum absolute atomic E-state index is 0.0254. The molecule has 1 aliphatic heterocycles. The van der Waals surface area contributed by atoms with Crippen molar-refractivity contribution in [2.24, 2.45) is 41.2 Å². The van der Waals surface area contributed by atoms with Crippen LogP contribution in [0.2, 0.25) is 0 Å². The maximum Gasteiger partial charge on any atom is 0.327 e. The lowest BCUT2D eigenvalue weighted by Gasteiger charge is -2.38. The molecule has 7 N–H and O–H groups in total. The van der Waals surface area contributed by atoms with E-state index in [1.54, 1.807) is 102 Å². The number of amides is 14. The maximum atomic E-state index is 15.6. The van der Waals surface area contributed by atoms with Crippen LogP contribution in [0.25, 0.3) is 0 Å². The molecule has 1 aliphatic rings. The molecule has 0 unspecified atom stereocenters. The van der Waals surface area contributed by atoms with Gasteiger partial charge in [0.05, 0.1) is 18.3 Å². The van der Waals surface area contributed by atoms with Crippen molar-refractivity contribution in [1.82, 2.24) is 59.9 Å².